The summed E-state index contributed by atoms with van der Waals surface area (Å²) in [4.78, 5) is 15.9. The molecule has 0 aliphatic heterocycles. The van der Waals surface area contributed by atoms with Crippen LogP contribution < -0.4 is 5.32 Å². The van der Waals surface area contributed by atoms with Gasteiger partial charge in [0.1, 0.15) is 11.5 Å². The third kappa shape index (κ3) is 11.1. The number of aromatic nitrogens is 1. The first-order chi connectivity index (χ1) is 12.6. The van der Waals surface area contributed by atoms with Crippen molar-refractivity contribution in [2.75, 3.05) is 58.1 Å². The Morgan fingerprint density at radius 2 is 1.62 bits per heavy atom. The number of ketones is 1. The van der Waals surface area contributed by atoms with Gasteiger partial charge in [-0.2, -0.15) is 0 Å². The van der Waals surface area contributed by atoms with E-state index in [9.17, 15) is 4.79 Å². The van der Waals surface area contributed by atoms with Crippen molar-refractivity contribution in [2.24, 2.45) is 0 Å². The van der Waals surface area contributed by atoms with E-state index < -0.39 is 0 Å². The molecule has 0 aliphatic rings. The Bertz CT molecular complexity index is 497. The second-order valence-electron chi connectivity index (χ2n) is 5.87. The van der Waals surface area contributed by atoms with Crippen molar-refractivity contribution < 1.29 is 23.7 Å². The number of nitrogens with one attached hydrogen (secondary N) is 1. The molecule has 0 radical (unpaired) electrons. The van der Waals surface area contributed by atoms with E-state index in [2.05, 4.69) is 10.3 Å². The van der Waals surface area contributed by atoms with Crippen LogP contribution in [0.25, 0.3) is 0 Å². The Balaban J connectivity index is 1.93. The van der Waals surface area contributed by atoms with Crippen LogP contribution in [0.1, 0.15) is 37.7 Å². The van der Waals surface area contributed by atoms with Gasteiger partial charge < -0.3 is 24.3 Å². The molecule has 7 nitrogen and oxygen atoms in total. The summed E-state index contributed by atoms with van der Waals surface area (Å²) < 4.78 is 21.7. The summed E-state index contributed by atoms with van der Waals surface area (Å²) in [5.74, 6) is 0.723. The molecule has 7 heteroatoms. The Morgan fingerprint density at radius 1 is 1.00 bits per heavy atom. The van der Waals surface area contributed by atoms with E-state index in [4.69, 9.17) is 18.9 Å². The lowest BCUT2D eigenvalue weighted by molar-refractivity contribution is -0.0110. The van der Waals surface area contributed by atoms with Crippen LogP contribution in [0.3, 0.4) is 0 Å². The zero-order chi connectivity index (χ0) is 19.0. The van der Waals surface area contributed by atoms with Gasteiger partial charge in [0.05, 0.1) is 52.4 Å². The van der Waals surface area contributed by atoms with Gasteiger partial charge in [-0.1, -0.05) is 13.0 Å². The van der Waals surface area contributed by atoms with Crippen molar-refractivity contribution in [3.05, 3.63) is 23.9 Å². The first-order valence-corrected chi connectivity index (χ1v) is 9.22. The van der Waals surface area contributed by atoms with Gasteiger partial charge in [0.2, 0.25) is 0 Å². The number of carbonyl (C=O) groups excluding carboxylic acids is 1. The molecule has 0 aliphatic carbocycles. The second kappa shape index (κ2) is 14.6. The summed E-state index contributed by atoms with van der Waals surface area (Å²) >= 11 is 0. The molecule has 0 atom stereocenters. The maximum absolute atomic E-state index is 11.6. The summed E-state index contributed by atoms with van der Waals surface area (Å²) in [7, 11) is 0. The van der Waals surface area contributed by atoms with Crippen LogP contribution >= 0.6 is 0 Å². The highest BCUT2D eigenvalue weighted by Gasteiger charge is 2.04. The topological polar surface area (TPSA) is 78.9 Å². The predicted octanol–water partition coefficient (Wildman–Crippen LogP) is 2.56. The quantitative estimate of drug-likeness (QED) is 0.355. The fourth-order valence-corrected chi connectivity index (χ4v) is 2.01. The molecule has 0 bridgehead atoms. The minimum Gasteiger partial charge on any atom is -0.377 e. The van der Waals surface area contributed by atoms with Crippen molar-refractivity contribution in [3.8, 4) is 0 Å². The summed E-state index contributed by atoms with van der Waals surface area (Å²) in [6.07, 6.45) is 0.691. The maximum atomic E-state index is 11.6. The number of hydrogen-bond acceptors (Lipinski definition) is 7. The van der Waals surface area contributed by atoms with Gasteiger partial charge in [0.15, 0.2) is 5.78 Å². The van der Waals surface area contributed by atoms with Crippen LogP contribution in [0.15, 0.2) is 18.2 Å². The molecule has 148 valence electrons. The van der Waals surface area contributed by atoms with Gasteiger partial charge in [-0.15, -0.1) is 0 Å². The molecular weight excluding hydrogens is 336 g/mol. The first kappa shape index (κ1) is 22.5. The molecule has 0 saturated heterocycles. The van der Waals surface area contributed by atoms with Gasteiger partial charge in [-0.05, 0) is 26.0 Å². The van der Waals surface area contributed by atoms with E-state index in [1.807, 2.05) is 32.9 Å². The number of Topliss-reactive ketones (excluding diaryl/α,β-unsaturated/α-hetero) is 1. The van der Waals surface area contributed by atoms with E-state index in [-0.39, 0.29) is 11.9 Å². The summed E-state index contributed by atoms with van der Waals surface area (Å²) in [5.41, 5.74) is 0.491. The molecule has 1 aromatic heterocycles. The zero-order valence-corrected chi connectivity index (χ0v) is 16.2. The molecule has 0 amide bonds. The highest BCUT2D eigenvalue weighted by molar-refractivity contribution is 5.94. The van der Waals surface area contributed by atoms with Gasteiger partial charge in [0.25, 0.3) is 0 Å². The molecule has 0 unspecified atom stereocenters. The molecule has 1 heterocycles. The number of anilines is 1. The van der Waals surface area contributed by atoms with Crippen molar-refractivity contribution in [1.29, 1.82) is 0 Å². The van der Waals surface area contributed by atoms with Crippen LogP contribution in [0.5, 0.6) is 0 Å². The molecule has 0 saturated carbocycles. The van der Waals surface area contributed by atoms with E-state index in [0.29, 0.717) is 70.7 Å². The number of rotatable bonds is 16. The fraction of sp³-hybridized carbons (Fsp3) is 0.684. The Labute approximate surface area is 156 Å². The molecule has 26 heavy (non-hydrogen) atoms. The van der Waals surface area contributed by atoms with Gasteiger partial charge in [-0.25, -0.2) is 4.98 Å². The van der Waals surface area contributed by atoms with Gasteiger partial charge >= 0.3 is 0 Å². The average molecular weight is 368 g/mol. The predicted molar refractivity (Wildman–Crippen MR) is 101 cm³/mol. The van der Waals surface area contributed by atoms with Crippen LogP contribution in [0.2, 0.25) is 0 Å². The van der Waals surface area contributed by atoms with Crippen LogP contribution in [-0.4, -0.2) is 69.7 Å². The number of hydrogen-bond donors (Lipinski definition) is 1. The second-order valence-corrected chi connectivity index (χ2v) is 5.87. The SMILES string of the molecule is CCC(=O)c1cccc(NCCOCCOCCOCCOC(C)C)n1. The minimum absolute atomic E-state index is 0.0403. The average Bonchev–Trinajstić information content (AvgIpc) is 2.64. The third-order valence-electron chi connectivity index (χ3n) is 3.33. The molecule has 0 spiro atoms. The largest absolute Gasteiger partial charge is 0.377 e. The normalized spacial score (nSPS) is 11.1. The van der Waals surface area contributed by atoms with Crippen LogP contribution in [0.4, 0.5) is 5.82 Å². The first-order valence-electron chi connectivity index (χ1n) is 9.22. The summed E-state index contributed by atoms with van der Waals surface area (Å²) in [6.45, 7) is 10.3. The minimum atomic E-state index is 0.0403. The Kier molecular flexibility index (Phi) is 12.6. The zero-order valence-electron chi connectivity index (χ0n) is 16.2. The van der Waals surface area contributed by atoms with Crippen molar-refractivity contribution in [1.82, 2.24) is 4.98 Å². The number of ether oxygens (including phenoxy) is 4. The lowest BCUT2D eigenvalue weighted by Crippen LogP contribution is -2.15. The smallest absolute Gasteiger partial charge is 0.180 e. The summed E-state index contributed by atoms with van der Waals surface area (Å²) in [6, 6.07) is 5.39. The van der Waals surface area contributed by atoms with Crippen LogP contribution in [0, 0.1) is 0 Å². The van der Waals surface area contributed by atoms with Crippen molar-refractivity contribution in [2.45, 2.75) is 33.3 Å². The van der Waals surface area contributed by atoms with E-state index in [1.165, 1.54) is 0 Å². The fourth-order valence-electron chi connectivity index (χ4n) is 2.01. The standard InChI is InChI=1S/C19H32N2O5/c1-4-18(22)17-6-5-7-19(21-17)20-8-9-23-10-11-24-12-13-25-14-15-26-16(2)3/h5-7,16H,4,8-15H2,1-3H3,(H,20,21). The van der Waals surface area contributed by atoms with E-state index in [1.54, 1.807) is 6.07 Å². The van der Waals surface area contributed by atoms with Crippen molar-refractivity contribution >= 4 is 11.6 Å². The van der Waals surface area contributed by atoms with Crippen LogP contribution in [-0.2, 0) is 18.9 Å². The third-order valence-corrected chi connectivity index (χ3v) is 3.33. The van der Waals surface area contributed by atoms with Gasteiger partial charge in [0, 0.05) is 13.0 Å². The number of pyridine rings is 1. The highest BCUT2D eigenvalue weighted by atomic mass is 16.6. The number of carbonyl (C=O) groups is 1. The monoisotopic (exact) mass is 368 g/mol. The Morgan fingerprint density at radius 3 is 2.23 bits per heavy atom. The lowest BCUT2D eigenvalue weighted by Gasteiger charge is -2.09. The van der Waals surface area contributed by atoms with Gasteiger partial charge in [-0.3, -0.25) is 4.79 Å². The van der Waals surface area contributed by atoms with E-state index in [0.717, 1.165) is 0 Å². The molecule has 1 N–H and O–H groups in total. The highest BCUT2D eigenvalue weighted by Crippen LogP contribution is 2.06. The lowest BCUT2D eigenvalue weighted by atomic mass is 10.2. The molecule has 1 rings (SSSR count). The summed E-state index contributed by atoms with van der Waals surface area (Å²) in [5, 5.41) is 3.14. The van der Waals surface area contributed by atoms with E-state index >= 15 is 0 Å². The molecule has 0 aromatic carbocycles. The molecular formula is C19H32N2O5. The van der Waals surface area contributed by atoms with Crippen molar-refractivity contribution in [3.63, 3.8) is 0 Å². The molecule has 0 fully saturated rings. The number of nitrogens with zero attached hydrogens (tertiary/aromatic N) is 1. The molecule has 1 aromatic rings. The maximum Gasteiger partial charge on any atom is 0.180 e. The Hall–Kier alpha value is -1.54.